The molecule has 1 aliphatic heterocycles. The summed E-state index contributed by atoms with van der Waals surface area (Å²) in [5, 5.41) is 14.5. The second-order valence-corrected chi connectivity index (χ2v) is 9.07. The molecule has 0 atom stereocenters. The molecule has 0 aliphatic carbocycles. The van der Waals surface area contributed by atoms with Crippen LogP contribution in [0, 0.1) is 11.3 Å². The van der Waals surface area contributed by atoms with Gasteiger partial charge in [0.15, 0.2) is 5.82 Å². The highest BCUT2D eigenvalue weighted by Gasteiger charge is 2.50. The summed E-state index contributed by atoms with van der Waals surface area (Å²) in [6.45, 7) is 2.23. The molecule has 3 aromatic rings. The molecule has 4 heterocycles. The van der Waals surface area contributed by atoms with E-state index in [9.17, 15) is 13.7 Å². The Kier molecular flexibility index (Phi) is 4.32. The van der Waals surface area contributed by atoms with Crippen LogP contribution in [0.5, 0.6) is 0 Å². The van der Waals surface area contributed by atoms with Crippen molar-refractivity contribution in [2.75, 3.05) is 24.6 Å². The highest BCUT2D eigenvalue weighted by molar-refractivity contribution is 7.89. The number of fused-ring (bicyclic) bond motifs is 1. The Balaban J connectivity index is 1.71. The average Bonchev–Trinajstić information content (AvgIpc) is 3.24. The number of H-pyrrole nitrogens is 1. The third kappa shape index (κ3) is 2.81. The molecule has 10 nitrogen and oxygen atoms in total. The smallest absolute Gasteiger partial charge is 0.214 e. The molecular formula is C17H20N8O2S. The summed E-state index contributed by atoms with van der Waals surface area (Å²) in [6.07, 6.45) is 5.63. The topological polar surface area (TPSA) is 147 Å². The number of nitrogens with zero attached hydrogens (tertiary/aromatic N) is 6. The van der Waals surface area contributed by atoms with Crippen LogP contribution in [-0.2, 0) is 15.6 Å². The minimum atomic E-state index is -3.32. The summed E-state index contributed by atoms with van der Waals surface area (Å²) in [4.78, 5) is 11.5. The fourth-order valence-corrected chi connectivity index (χ4v) is 5.23. The van der Waals surface area contributed by atoms with Crippen LogP contribution in [0.3, 0.4) is 0 Å². The number of sulfonamides is 1. The first-order valence-electron chi connectivity index (χ1n) is 8.89. The number of nitrogens with two attached hydrogens (primary N) is 1. The fourth-order valence-electron chi connectivity index (χ4n) is 3.58. The summed E-state index contributed by atoms with van der Waals surface area (Å²) in [5.41, 5.74) is 7.37. The first-order chi connectivity index (χ1) is 13.4. The van der Waals surface area contributed by atoms with Crippen molar-refractivity contribution in [2.45, 2.75) is 25.3 Å². The van der Waals surface area contributed by atoms with Crippen LogP contribution in [0.15, 0.2) is 24.8 Å². The van der Waals surface area contributed by atoms with Crippen molar-refractivity contribution >= 4 is 26.9 Å². The van der Waals surface area contributed by atoms with E-state index in [0.29, 0.717) is 23.3 Å². The van der Waals surface area contributed by atoms with Gasteiger partial charge in [-0.05, 0) is 12.5 Å². The van der Waals surface area contributed by atoms with E-state index in [1.54, 1.807) is 17.1 Å². The Hall–Kier alpha value is -2.97. The highest BCUT2D eigenvalue weighted by atomic mass is 32.2. The zero-order chi connectivity index (χ0) is 19.9. The van der Waals surface area contributed by atoms with Crippen molar-refractivity contribution in [3.63, 3.8) is 0 Å². The zero-order valence-corrected chi connectivity index (χ0v) is 16.1. The predicted octanol–water partition coefficient (Wildman–Crippen LogP) is 1.07. The molecule has 0 aromatic carbocycles. The summed E-state index contributed by atoms with van der Waals surface area (Å²) in [6, 6.07) is 4.01. The average molecular weight is 400 g/mol. The number of aromatic nitrogens is 5. The lowest BCUT2D eigenvalue weighted by Crippen LogP contribution is -2.64. The molecule has 1 aliphatic rings. The van der Waals surface area contributed by atoms with Crippen molar-refractivity contribution in [2.24, 2.45) is 0 Å². The molecule has 1 saturated heterocycles. The van der Waals surface area contributed by atoms with E-state index in [-0.39, 0.29) is 31.1 Å². The van der Waals surface area contributed by atoms with Gasteiger partial charge in [0.05, 0.1) is 29.5 Å². The Labute approximate surface area is 162 Å². The maximum Gasteiger partial charge on any atom is 0.214 e. The molecule has 0 amide bonds. The molecule has 1 fully saturated rings. The summed E-state index contributed by atoms with van der Waals surface area (Å²) >= 11 is 0. The van der Waals surface area contributed by atoms with Crippen LogP contribution in [-0.4, -0.2) is 56.3 Å². The molecule has 0 spiro atoms. The van der Waals surface area contributed by atoms with Gasteiger partial charge < -0.3 is 10.7 Å². The minimum Gasteiger partial charge on any atom is -0.382 e. The molecule has 4 rings (SSSR count). The monoisotopic (exact) mass is 400 g/mol. The summed E-state index contributed by atoms with van der Waals surface area (Å²) < 4.78 is 27.7. The lowest BCUT2D eigenvalue weighted by atomic mass is 9.89. The molecule has 0 bridgehead atoms. The van der Waals surface area contributed by atoms with E-state index in [1.165, 1.54) is 10.6 Å². The molecule has 0 unspecified atom stereocenters. The van der Waals surface area contributed by atoms with Crippen molar-refractivity contribution in [3.05, 3.63) is 24.8 Å². The van der Waals surface area contributed by atoms with Gasteiger partial charge >= 0.3 is 0 Å². The molecule has 0 saturated carbocycles. The molecule has 3 aromatic heterocycles. The third-order valence-corrected chi connectivity index (χ3v) is 7.01. The Morgan fingerprint density at radius 2 is 2.18 bits per heavy atom. The number of hydrogen-bond donors (Lipinski definition) is 2. The van der Waals surface area contributed by atoms with Gasteiger partial charge in [0, 0.05) is 30.9 Å². The molecule has 0 radical (unpaired) electrons. The van der Waals surface area contributed by atoms with Crippen LogP contribution in [0.2, 0.25) is 0 Å². The molecule has 11 heteroatoms. The van der Waals surface area contributed by atoms with Gasteiger partial charge in [-0.25, -0.2) is 18.4 Å². The number of nitrogens with one attached hydrogen (secondary N) is 1. The lowest BCUT2D eigenvalue weighted by Gasteiger charge is -2.47. The van der Waals surface area contributed by atoms with Crippen LogP contribution in [0.25, 0.3) is 22.3 Å². The van der Waals surface area contributed by atoms with Crippen molar-refractivity contribution in [1.82, 2.24) is 29.0 Å². The molecule has 28 heavy (non-hydrogen) atoms. The number of nitrogen functional groups attached to an aromatic ring is 1. The Bertz CT molecular complexity index is 1170. The maximum atomic E-state index is 12.3. The number of nitriles is 1. The lowest BCUT2D eigenvalue weighted by molar-refractivity contribution is 0.0721. The van der Waals surface area contributed by atoms with Gasteiger partial charge in [0.25, 0.3) is 0 Å². The standard InChI is InChI=1S/C17H20N8O2S/c1-2-7-28(26,27)24-9-17(10-24,4-5-18)25-8-13(15(19)23-25)14-12-3-6-20-16(12)22-11-21-14/h3,6,8,11H,2,4,7,9-10H2,1H3,(H2,19,23)(H,20,21,22). The SMILES string of the molecule is CCCS(=O)(=O)N1CC(CC#N)(n2cc(-c3ncnc4[nH]ccc34)c(N)n2)C1. The van der Waals surface area contributed by atoms with Crippen molar-refractivity contribution in [1.29, 1.82) is 5.26 Å². The maximum absolute atomic E-state index is 12.3. The van der Waals surface area contributed by atoms with E-state index in [0.717, 1.165) is 5.39 Å². The Morgan fingerprint density at radius 3 is 2.89 bits per heavy atom. The van der Waals surface area contributed by atoms with Gasteiger partial charge in [-0.3, -0.25) is 4.68 Å². The van der Waals surface area contributed by atoms with Gasteiger partial charge in [0.2, 0.25) is 10.0 Å². The Morgan fingerprint density at radius 1 is 1.39 bits per heavy atom. The first kappa shape index (κ1) is 18.4. The van der Waals surface area contributed by atoms with Gasteiger partial charge in [-0.1, -0.05) is 6.92 Å². The van der Waals surface area contributed by atoms with Crippen LogP contribution in [0.4, 0.5) is 5.82 Å². The number of aromatic amines is 1. The van der Waals surface area contributed by atoms with E-state index in [1.807, 2.05) is 13.0 Å². The highest BCUT2D eigenvalue weighted by Crippen LogP contribution is 2.37. The van der Waals surface area contributed by atoms with Crippen LogP contribution >= 0.6 is 0 Å². The largest absolute Gasteiger partial charge is 0.382 e. The number of rotatable bonds is 6. The van der Waals surface area contributed by atoms with Crippen molar-refractivity contribution in [3.8, 4) is 17.3 Å². The van der Waals surface area contributed by atoms with E-state index < -0.39 is 15.6 Å². The van der Waals surface area contributed by atoms with Gasteiger partial charge in [-0.15, -0.1) is 0 Å². The number of hydrogen-bond acceptors (Lipinski definition) is 7. The van der Waals surface area contributed by atoms with Crippen molar-refractivity contribution < 1.29 is 8.42 Å². The van der Waals surface area contributed by atoms with Gasteiger partial charge in [-0.2, -0.15) is 14.7 Å². The normalized spacial score (nSPS) is 16.7. The molecule has 146 valence electrons. The fraction of sp³-hybridized carbons (Fsp3) is 0.412. The van der Waals surface area contributed by atoms with Gasteiger partial charge in [0.1, 0.15) is 17.5 Å². The second-order valence-electron chi connectivity index (χ2n) is 6.98. The first-order valence-corrected chi connectivity index (χ1v) is 10.5. The summed E-state index contributed by atoms with van der Waals surface area (Å²) in [5.74, 6) is 0.363. The number of anilines is 1. The summed E-state index contributed by atoms with van der Waals surface area (Å²) in [7, 11) is -3.32. The zero-order valence-electron chi connectivity index (χ0n) is 15.3. The van der Waals surface area contributed by atoms with Crippen LogP contribution < -0.4 is 5.73 Å². The van der Waals surface area contributed by atoms with E-state index in [2.05, 4.69) is 26.1 Å². The minimum absolute atomic E-state index is 0.0918. The van der Waals surface area contributed by atoms with Crippen LogP contribution in [0.1, 0.15) is 19.8 Å². The molecular weight excluding hydrogens is 380 g/mol. The quantitative estimate of drug-likeness (QED) is 0.629. The van der Waals surface area contributed by atoms with E-state index in [4.69, 9.17) is 5.73 Å². The third-order valence-electron chi connectivity index (χ3n) is 5.04. The van der Waals surface area contributed by atoms with E-state index >= 15 is 0 Å². The predicted molar refractivity (Wildman–Crippen MR) is 103 cm³/mol. The molecule has 3 N–H and O–H groups in total. The second kappa shape index (κ2) is 6.57.